The molecule has 0 saturated carbocycles. The van der Waals surface area contributed by atoms with E-state index in [0.29, 0.717) is 10.9 Å². The van der Waals surface area contributed by atoms with Crippen LogP contribution in [0.25, 0.3) is 0 Å². The van der Waals surface area contributed by atoms with Crippen molar-refractivity contribution >= 4 is 27.9 Å². The van der Waals surface area contributed by atoms with Crippen LogP contribution in [0.3, 0.4) is 0 Å². The number of hydrogen-bond acceptors (Lipinski definition) is 4. The molecule has 23 heavy (non-hydrogen) atoms. The summed E-state index contributed by atoms with van der Waals surface area (Å²) in [5.41, 5.74) is 0.315. The predicted molar refractivity (Wildman–Crippen MR) is 92.9 cm³/mol. The number of benzene rings is 1. The van der Waals surface area contributed by atoms with Crippen LogP contribution in [0, 0.1) is 5.92 Å². The number of allylic oxidation sites excluding steroid dienone is 1. The quantitative estimate of drug-likeness (QED) is 0.656. The van der Waals surface area contributed by atoms with Crippen molar-refractivity contribution in [3.05, 3.63) is 47.0 Å². The molecule has 0 heterocycles. The third-order valence-corrected chi connectivity index (χ3v) is 3.18. The highest BCUT2D eigenvalue weighted by atomic mass is 79.9. The van der Waals surface area contributed by atoms with Crippen LogP contribution in [0.15, 0.2) is 41.4 Å². The Hall–Kier alpha value is -1.62. The van der Waals surface area contributed by atoms with Crippen molar-refractivity contribution in [2.45, 2.75) is 45.8 Å². The van der Waals surface area contributed by atoms with E-state index in [9.17, 15) is 9.59 Å². The van der Waals surface area contributed by atoms with E-state index in [1.807, 2.05) is 30.3 Å². The first-order valence-electron chi connectivity index (χ1n) is 7.43. The molecule has 0 aliphatic heterocycles. The molecule has 0 saturated heterocycles. The van der Waals surface area contributed by atoms with Crippen molar-refractivity contribution < 1.29 is 19.1 Å². The summed E-state index contributed by atoms with van der Waals surface area (Å²) in [6.45, 7) is 9.28. The van der Waals surface area contributed by atoms with Gasteiger partial charge in [0.2, 0.25) is 0 Å². The Labute approximate surface area is 146 Å². The van der Waals surface area contributed by atoms with Crippen LogP contribution in [0.5, 0.6) is 0 Å². The van der Waals surface area contributed by atoms with Crippen molar-refractivity contribution in [3.8, 4) is 0 Å². The van der Waals surface area contributed by atoms with Crippen LogP contribution in [-0.4, -0.2) is 17.5 Å². The highest BCUT2D eigenvalue weighted by molar-refractivity contribution is 9.11. The average Bonchev–Trinajstić information content (AvgIpc) is 2.42. The Kier molecular flexibility index (Phi) is 7.49. The molecule has 0 spiro atoms. The molecule has 5 heteroatoms. The Morgan fingerprint density at radius 1 is 1.17 bits per heavy atom. The third-order valence-electron chi connectivity index (χ3n) is 2.86. The van der Waals surface area contributed by atoms with Gasteiger partial charge in [-0.1, -0.05) is 52.8 Å². The number of carbonyl (C=O) groups is 2. The summed E-state index contributed by atoms with van der Waals surface area (Å²) in [7, 11) is 0. The summed E-state index contributed by atoms with van der Waals surface area (Å²) in [4.78, 5) is 24.2. The smallest absolute Gasteiger partial charge is 0.310 e. The van der Waals surface area contributed by atoms with Gasteiger partial charge in [-0.05, 0) is 37.2 Å². The first kappa shape index (κ1) is 19.4. The summed E-state index contributed by atoms with van der Waals surface area (Å²) in [5.74, 6) is -1.46. The van der Waals surface area contributed by atoms with Crippen LogP contribution < -0.4 is 0 Å². The normalized spacial score (nSPS) is 12.3. The van der Waals surface area contributed by atoms with Gasteiger partial charge in [-0.3, -0.25) is 9.59 Å². The van der Waals surface area contributed by atoms with Gasteiger partial charge in [-0.15, -0.1) is 0 Å². The Morgan fingerprint density at radius 3 is 2.30 bits per heavy atom. The molecule has 0 amide bonds. The van der Waals surface area contributed by atoms with E-state index in [4.69, 9.17) is 9.47 Å². The lowest BCUT2D eigenvalue weighted by atomic mass is 10.0. The minimum atomic E-state index is -0.611. The minimum absolute atomic E-state index is 0.0322. The fourth-order valence-corrected chi connectivity index (χ4v) is 2.33. The summed E-state index contributed by atoms with van der Waals surface area (Å²) < 4.78 is 11.2. The third kappa shape index (κ3) is 8.55. The second-order valence-electron chi connectivity index (χ2n) is 6.30. The highest BCUT2D eigenvalue weighted by Crippen LogP contribution is 2.22. The summed E-state index contributed by atoms with van der Waals surface area (Å²) in [6, 6.07) is 9.40. The zero-order valence-corrected chi connectivity index (χ0v) is 15.4. The summed E-state index contributed by atoms with van der Waals surface area (Å²) in [5, 5.41) is 0. The monoisotopic (exact) mass is 382 g/mol. The van der Waals surface area contributed by atoms with Crippen molar-refractivity contribution in [1.82, 2.24) is 0 Å². The van der Waals surface area contributed by atoms with E-state index in [1.54, 1.807) is 20.8 Å². The van der Waals surface area contributed by atoms with Gasteiger partial charge in [0.15, 0.2) is 0 Å². The molecular weight excluding hydrogens is 360 g/mol. The lowest BCUT2D eigenvalue weighted by molar-refractivity contribution is -0.162. The average molecular weight is 383 g/mol. The first-order valence-corrected chi connectivity index (χ1v) is 8.22. The molecule has 0 N–H and O–H groups in total. The number of esters is 2. The molecule has 1 aromatic carbocycles. The van der Waals surface area contributed by atoms with Gasteiger partial charge >= 0.3 is 11.9 Å². The molecule has 0 aromatic heterocycles. The van der Waals surface area contributed by atoms with Crippen LogP contribution in [0.4, 0.5) is 0 Å². The van der Waals surface area contributed by atoms with Gasteiger partial charge in [0.05, 0.1) is 12.3 Å². The van der Waals surface area contributed by atoms with Crippen molar-refractivity contribution in [2.75, 3.05) is 0 Å². The first-order chi connectivity index (χ1) is 10.7. The molecule has 1 rings (SSSR count). The fraction of sp³-hybridized carbons (Fsp3) is 0.444. The largest absolute Gasteiger partial charge is 0.461 e. The SMILES string of the molecule is C=C(Br)C[C@H](CC(=O)OC(C)(C)C)C(=O)OCc1ccccc1. The van der Waals surface area contributed by atoms with Gasteiger partial charge in [-0.25, -0.2) is 0 Å². The van der Waals surface area contributed by atoms with E-state index >= 15 is 0 Å². The maximum Gasteiger partial charge on any atom is 0.310 e. The van der Waals surface area contributed by atoms with Crippen molar-refractivity contribution in [1.29, 1.82) is 0 Å². The maximum atomic E-state index is 12.3. The summed E-state index contributed by atoms with van der Waals surface area (Å²) >= 11 is 3.24. The van der Waals surface area contributed by atoms with Gasteiger partial charge in [0.25, 0.3) is 0 Å². The molecule has 1 aromatic rings. The van der Waals surface area contributed by atoms with Gasteiger partial charge in [-0.2, -0.15) is 0 Å². The zero-order valence-electron chi connectivity index (χ0n) is 13.8. The zero-order chi connectivity index (χ0) is 17.5. The molecule has 4 nitrogen and oxygen atoms in total. The molecule has 0 aliphatic rings. The molecule has 126 valence electrons. The van der Waals surface area contributed by atoms with Gasteiger partial charge < -0.3 is 9.47 Å². The van der Waals surface area contributed by atoms with Gasteiger partial charge in [0.1, 0.15) is 12.2 Å². The Bertz CT molecular complexity index is 546. The van der Waals surface area contributed by atoms with Crippen LogP contribution in [-0.2, 0) is 25.7 Å². The predicted octanol–water partition coefficient (Wildman–Crippen LogP) is 4.38. The second-order valence-corrected chi connectivity index (χ2v) is 7.42. The van der Waals surface area contributed by atoms with Crippen LogP contribution in [0.1, 0.15) is 39.2 Å². The molecular formula is C18H23BrO4. The Balaban J connectivity index is 2.63. The maximum absolute atomic E-state index is 12.3. The van der Waals surface area contributed by atoms with E-state index in [0.717, 1.165) is 5.56 Å². The molecule has 0 bridgehead atoms. The minimum Gasteiger partial charge on any atom is -0.461 e. The van der Waals surface area contributed by atoms with Crippen LogP contribution >= 0.6 is 15.9 Å². The van der Waals surface area contributed by atoms with E-state index in [2.05, 4.69) is 22.5 Å². The number of hydrogen-bond donors (Lipinski definition) is 0. The number of rotatable bonds is 7. The molecule has 0 unspecified atom stereocenters. The van der Waals surface area contributed by atoms with Crippen LogP contribution in [0.2, 0.25) is 0 Å². The lowest BCUT2D eigenvalue weighted by Crippen LogP contribution is -2.28. The molecule has 1 atom stereocenters. The number of carbonyl (C=O) groups excluding carboxylic acids is 2. The number of halogens is 1. The lowest BCUT2D eigenvalue weighted by Gasteiger charge is -2.21. The molecule has 0 aliphatic carbocycles. The Morgan fingerprint density at radius 2 is 1.78 bits per heavy atom. The van der Waals surface area contributed by atoms with Gasteiger partial charge in [0, 0.05) is 0 Å². The van der Waals surface area contributed by atoms with E-state index in [1.165, 1.54) is 0 Å². The van der Waals surface area contributed by atoms with Crippen molar-refractivity contribution in [3.63, 3.8) is 0 Å². The molecule has 0 fully saturated rings. The second kappa shape index (κ2) is 8.87. The molecule has 0 radical (unpaired) electrons. The van der Waals surface area contributed by atoms with E-state index < -0.39 is 23.5 Å². The standard InChI is InChI=1S/C18H23BrO4/c1-13(19)10-15(11-16(20)23-18(2,3)4)17(21)22-12-14-8-6-5-7-9-14/h5-9,15H,1,10-12H2,2-4H3/t15-/m1/s1. The summed E-state index contributed by atoms with van der Waals surface area (Å²) in [6.07, 6.45) is 0.294. The topological polar surface area (TPSA) is 52.6 Å². The number of ether oxygens (including phenoxy) is 2. The highest BCUT2D eigenvalue weighted by Gasteiger charge is 2.27. The fourth-order valence-electron chi connectivity index (χ4n) is 1.94. The van der Waals surface area contributed by atoms with E-state index in [-0.39, 0.29) is 13.0 Å². The van der Waals surface area contributed by atoms with Crippen molar-refractivity contribution in [2.24, 2.45) is 5.92 Å².